The van der Waals surface area contributed by atoms with Gasteiger partial charge in [0.15, 0.2) is 0 Å². The first-order valence-electron chi connectivity index (χ1n) is 7.53. The molecule has 1 saturated heterocycles. The number of aryl methyl sites for hydroxylation is 1. The lowest BCUT2D eigenvalue weighted by atomic mass is 9.89. The summed E-state index contributed by atoms with van der Waals surface area (Å²) in [7, 11) is 0. The Morgan fingerprint density at radius 2 is 2.16 bits per heavy atom. The summed E-state index contributed by atoms with van der Waals surface area (Å²) in [5.41, 5.74) is 8.38. The number of pyridine rings is 1. The van der Waals surface area contributed by atoms with Crippen molar-refractivity contribution in [3.05, 3.63) is 23.4 Å². The fraction of sp³-hybridized carbons (Fsp3) is 0.688. The number of hydrogen-bond donors (Lipinski definition) is 1. The van der Waals surface area contributed by atoms with E-state index in [-0.39, 0.29) is 0 Å². The highest BCUT2D eigenvalue weighted by Gasteiger charge is 2.21. The fourth-order valence-corrected chi connectivity index (χ4v) is 3.10. The van der Waals surface area contributed by atoms with Crippen molar-refractivity contribution in [2.45, 2.75) is 46.6 Å². The molecule has 0 aliphatic carbocycles. The number of hydrogen-bond acceptors (Lipinski definition) is 3. The van der Waals surface area contributed by atoms with Gasteiger partial charge in [-0.3, -0.25) is 0 Å². The summed E-state index contributed by atoms with van der Waals surface area (Å²) in [6, 6.07) is 2.06. The van der Waals surface area contributed by atoms with E-state index in [1.54, 1.807) is 0 Å². The maximum atomic E-state index is 5.91. The second kappa shape index (κ2) is 6.38. The van der Waals surface area contributed by atoms with E-state index in [9.17, 15) is 0 Å². The summed E-state index contributed by atoms with van der Waals surface area (Å²) in [6.07, 6.45) is 5.80. The number of nitrogens with zero attached hydrogens (tertiary/aromatic N) is 2. The summed E-state index contributed by atoms with van der Waals surface area (Å²) >= 11 is 0. The van der Waals surface area contributed by atoms with Gasteiger partial charge in [-0.05, 0) is 49.7 Å². The molecule has 0 saturated carbocycles. The molecule has 2 rings (SSSR count). The molecule has 1 aromatic heterocycles. The van der Waals surface area contributed by atoms with E-state index in [1.165, 1.54) is 30.4 Å². The maximum Gasteiger partial charge on any atom is 0.133 e. The van der Waals surface area contributed by atoms with Gasteiger partial charge in [0.25, 0.3) is 0 Å². The molecule has 1 unspecified atom stereocenters. The van der Waals surface area contributed by atoms with Gasteiger partial charge in [0.1, 0.15) is 5.82 Å². The molecule has 1 fully saturated rings. The molecule has 0 aromatic carbocycles. The third-order valence-electron chi connectivity index (χ3n) is 4.49. The van der Waals surface area contributed by atoms with Crippen molar-refractivity contribution >= 4 is 5.82 Å². The number of anilines is 1. The molecule has 2 N–H and O–H groups in total. The van der Waals surface area contributed by atoms with Gasteiger partial charge in [0, 0.05) is 31.4 Å². The summed E-state index contributed by atoms with van der Waals surface area (Å²) in [5.74, 6) is 2.77. The van der Waals surface area contributed by atoms with Crippen LogP contribution < -0.4 is 10.6 Å². The highest BCUT2D eigenvalue weighted by Crippen LogP contribution is 2.28. The Morgan fingerprint density at radius 3 is 2.84 bits per heavy atom. The molecule has 0 radical (unpaired) electrons. The van der Waals surface area contributed by atoms with Crippen LogP contribution in [0.1, 0.15) is 44.2 Å². The largest absolute Gasteiger partial charge is 0.356 e. The number of aromatic nitrogens is 1. The molecule has 0 bridgehead atoms. The molecular formula is C16H27N3. The van der Waals surface area contributed by atoms with Gasteiger partial charge in [-0.25, -0.2) is 4.98 Å². The number of rotatable bonds is 3. The highest BCUT2D eigenvalue weighted by atomic mass is 15.2. The lowest BCUT2D eigenvalue weighted by molar-refractivity contribution is 0.351. The fourth-order valence-electron chi connectivity index (χ4n) is 3.10. The van der Waals surface area contributed by atoms with Gasteiger partial charge in [0.2, 0.25) is 0 Å². The van der Waals surface area contributed by atoms with Crippen LogP contribution in [-0.2, 0) is 6.54 Å². The van der Waals surface area contributed by atoms with Crippen LogP contribution in [0.4, 0.5) is 5.82 Å². The minimum absolute atomic E-state index is 0.582. The summed E-state index contributed by atoms with van der Waals surface area (Å²) in [6.45, 7) is 9.63. The molecule has 106 valence electrons. The Labute approximate surface area is 117 Å². The van der Waals surface area contributed by atoms with E-state index in [0.717, 1.165) is 30.7 Å². The summed E-state index contributed by atoms with van der Waals surface area (Å²) < 4.78 is 0. The predicted molar refractivity (Wildman–Crippen MR) is 81.3 cm³/mol. The molecule has 3 heteroatoms. The van der Waals surface area contributed by atoms with E-state index >= 15 is 0 Å². The zero-order valence-electron chi connectivity index (χ0n) is 12.5. The van der Waals surface area contributed by atoms with Crippen LogP contribution >= 0.6 is 0 Å². The Morgan fingerprint density at radius 1 is 1.37 bits per heavy atom. The molecule has 1 aliphatic heterocycles. The first kappa shape index (κ1) is 14.3. The number of nitrogens with two attached hydrogens (primary N) is 1. The normalized spacial score (nSPS) is 20.7. The molecule has 0 spiro atoms. The molecule has 1 atom stereocenters. The second-order valence-electron chi connectivity index (χ2n) is 6.06. The van der Waals surface area contributed by atoms with Crippen LogP contribution in [0.25, 0.3) is 0 Å². The predicted octanol–water partition coefficient (Wildman–Crippen LogP) is 3.11. The van der Waals surface area contributed by atoms with Crippen molar-refractivity contribution in [1.82, 2.24) is 4.98 Å². The quantitative estimate of drug-likeness (QED) is 0.909. The van der Waals surface area contributed by atoms with Crippen molar-refractivity contribution in [3.63, 3.8) is 0 Å². The van der Waals surface area contributed by atoms with Crippen LogP contribution in [0.3, 0.4) is 0 Å². The Balaban J connectivity index is 2.16. The van der Waals surface area contributed by atoms with E-state index in [2.05, 4.69) is 36.7 Å². The standard InChI is InChI=1S/C16H27N3/c1-12(2)14-5-4-9-19(10-7-14)16-15(11-17)13(3)6-8-18-16/h6,8,12,14H,4-5,7,9-11,17H2,1-3H3. The van der Waals surface area contributed by atoms with E-state index in [0.29, 0.717) is 6.54 Å². The van der Waals surface area contributed by atoms with Crippen LogP contribution in [0.2, 0.25) is 0 Å². The second-order valence-corrected chi connectivity index (χ2v) is 6.06. The van der Waals surface area contributed by atoms with Crippen LogP contribution in [0.5, 0.6) is 0 Å². The zero-order valence-corrected chi connectivity index (χ0v) is 12.5. The Bertz CT molecular complexity index is 414. The highest BCUT2D eigenvalue weighted by molar-refractivity contribution is 5.50. The third kappa shape index (κ3) is 3.27. The van der Waals surface area contributed by atoms with E-state index in [1.807, 2.05) is 6.20 Å². The first-order valence-corrected chi connectivity index (χ1v) is 7.53. The lowest BCUT2D eigenvalue weighted by Gasteiger charge is -2.25. The summed E-state index contributed by atoms with van der Waals surface area (Å²) in [4.78, 5) is 7.03. The van der Waals surface area contributed by atoms with Crippen molar-refractivity contribution in [2.75, 3.05) is 18.0 Å². The van der Waals surface area contributed by atoms with Gasteiger partial charge >= 0.3 is 0 Å². The van der Waals surface area contributed by atoms with Crippen LogP contribution in [0.15, 0.2) is 12.3 Å². The minimum atomic E-state index is 0.582. The zero-order chi connectivity index (χ0) is 13.8. The Kier molecular flexibility index (Phi) is 4.81. The smallest absolute Gasteiger partial charge is 0.133 e. The van der Waals surface area contributed by atoms with Crippen molar-refractivity contribution in [3.8, 4) is 0 Å². The average Bonchev–Trinajstić information content (AvgIpc) is 2.64. The average molecular weight is 261 g/mol. The minimum Gasteiger partial charge on any atom is -0.356 e. The van der Waals surface area contributed by atoms with Crippen LogP contribution in [0, 0.1) is 18.8 Å². The Hall–Kier alpha value is -1.09. The molecule has 1 aliphatic rings. The van der Waals surface area contributed by atoms with E-state index < -0.39 is 0 Å². The van der Waals surface area contributed by atoms with E-state index in [4.69, 9.17) is 5.73 Å². The molecule has 3 nitrogen and oxygen atoms in total. The van der Waals surface area contributed by atoms with Gasteiger partial charge in [-0.15, -0.1) is 0 Å². The molecule has 0 amide bonds. The third-order valence-corrected chi connectivity index (χ3v) is 4.49. The molecular weight excluding hydrogens is 234 g/mol. The van der Waals surface area contributed by atoms with Gasteiger partial charge < -0.3 is 10.6 Å². The molecule has 2 heterocycles. The van der Waals surface area contributed by atoms with Gasteiger partial charge in [-0.1, -0.05) is 13.8 Å². The van der Waals surface area contributed by atoms with Gasteiger partial charge in [0.05, 0.1) is 0 Å². The van der Waals surface area contributed by atoms with Crippen LogP contribution in [-0.4, -0.2) is 18.1 Å². The van der Waals surface area contributed by atoms with Gasteiger partial charge in [-0.2, -0.15) is 0 Å². The topological polar surface area (TPSA) is 42.2 Å². The first-order chi connectivity index (χ1) is 9.13. The maximum absolute atomic E-state index is 5.91. The summed E-state index contributed by atoms with van der Waals surface area (Å²) in [5, 5.41) is 0. The SMILES string of the molecule is Cc1ccnc(N2CCCC(C(C)C)CC2)c1CN. The van der Waals surface area contributed by atoms with Crippen molar-refractivity contribution < 1.29 is 0 Å². The van der Waals surface area contributed by atoms with Crippen molar-refractivity contribution in [1.29, 1.82) is 0 Å². The monoisotopic (exact) mass is 261 g/mol. The lowest BCUT2D eigenvalue weighted by Crippen LogP contribution is -2.27. The van der Waals surface area contributed by atoms with Crippen molar-refractivity contribution in [2.24, 2.45) is 17.6 Å². The molecule has 1 aromatic rings. The molecule has 19 heavy (non-hydrogen) atoms.